The van der Waals surface area contributed by atoms with Crippen molar-refractivity contribution in [2.45, 2.75) is 25.7 Å². The topological polar surface area (TPSA) is 72.9 Å². The molecule has 0 saturated carbocycles. The summed E-state index contributed by atoms with van der Waals surface area (Å²) in [5.41, 5.74) is 3.34. The summed E-state index contributed by atoms with van der Waals surface area (Å²) in [4.78, 5) is 12.8. The normalized spacial score (nSPS) is 11.1. The van der Waals surface area contributed by atoms with E-state index in [-0.39, 0.29) is 10.5 Å². The molecule has 0 saturated heterocycles. The first-order valence-electron chi connectivity index (χ1n) is 9.67. The molecule has 0 aliphatic rings. The fourth-order valence-corrected chi connectivity index (χ4v) is 4.35. The lowest BCUT2D eigenvalue weighted by Crippen LogP contribution is -2.26. The number of hydrogen-bond acceptors (Lipinski definition) is 5. The second kappa shape index (κ2) is 8.81. The van der Waals surface area contributed by atoms with Gasteiger partial charge in [0.2, 0.25) is 0 Å². The van der Waals surface area contributed by atoms with E-state index < -0.39 is 16.0 Å². The van der Waals surface area contributed by atoms with E-state index in [2.05, 4.69) is 0 Å². The van der Waals surface area contributed by atoms with E-state index in [1.54, 1.807) is 31.4 Å². The van der Waals surface area contributed by atoms with Crippen LogP contribution in [-0.4, -0.2) is 28.5 Å². The molecule has 0 N–H and O–H groups in total. The van der Waals surface area contributed by atoms with Crippen LogP contribution in [0.15, 0.2) is 65.6 Å². The van der Waals surface area contributed by atoms with Gasteiger partial charge in [-0.2, -0.15) is 0 Å². The molecular weight excluding hydrogens is 414 g/mol. The van der Waals surface area contributed by atoms with Gasteiger partial charge in [-0.3, -0.25) is 4.31 Å². The molecule has 0 aliphatic heterocycles. The van der Waals surface area contributed by atoms with Gasteiger partial charge in [-0.1, -0.05) is 18.2 Å². The summed E-state index contributed by atoms with van der Waals surface area (Å²) in [6.07, 6.45) is 0. The van der Waals surface area contributed by atoms with Gasteiger partial charge < -0.3 is 9.47 Å². The van der Waals surface area contributed by atoms with Gasteiger partial charge in [0.1, 0.15) is 11.5 Å². The Kier molecular flexibility index (Phi) is 6.36. The third-order valence-electron chi connectivity index (χ3n) is 5.23. The quantitative estimate of drug-likeness (QED) is 0.412. The van der Waals surface area contributed by atoms with Gasteiger partial charge >= 0.3 is 5.97 Å². The van der Waals surface area contributed by atoms with E-state index in [1.165, 1.54) is 31.3 Å². The lowest BCUT2D eigenvalue weighted by molar-refractivity contribution is 0.0732. The Morgan fingerprint density at radius 1 is 0.903 bits per heavy atom. The predicted octanol–water partition coefficient (Wildman–Crippen LogP) is 4.66. The molecule has 162 valence electrons. The van der Waals surface area contributed by atoms with Crippen molar-refractivity contribution in [2.75, 3.05) is 18.5 Å². The van der Waals surface area contributed by atoms with E-state index >= 15 is 0 Å². The summed E-state index contributed by atoms with van der Waals surface area (Å²) in [7, 11) is -0.877. The summed E-state index contributed by atoms with van der Waals surface area (Å²) < 4.78 is 38.1. The van der Waals surface area contributed by atoms with Crippen LogP contribution >= 0.6 is 0 Å². The van der Waals surface area contributed by atoms with Crippen LogP contribution in [0.5, 0.6) is 11.5 Å². The van der Waals surface area contributed by atoms with E-state index in [0.29, 0.717) is 17.2 Å². The molecule has 7 heteroatoms. The highest BCUT2D eigenvalue weighted by molar-refractivity contribution is 7.92. The van der Waals surface area contributed by atoms with Crippen LogP contribution in [0.3, 0.4) is 0 Å². The number of carbonyl (C=O) groups is 1. The van der Waals surface area contributed by atoms with Crippen LogP contribution < -0.4 is 13.8 Å². The zero-order valence-corrected chi connectivity index (χ0v) is 19.0. The first-order valence-corrected chi connectivity index (χ1v) is 11.1. The Morgan fingerprint density at radius 2 is 1.55 bits per heavy atom. The van der Waals surface area contributed by atoms with Gasteiger partial charge in [-0.15, -0.1) is 0 Å². The summed E-state index contributed by atoms with van der Waals surface area (Å²) in [6.45, 7) is 5.68. The highest BCUT2D eigenvalue weighted by Gasteiger charge is 2.23. The second-order valence-corrected chi connectivity index (χ2v) is 9.21. The molecule has 0 fully saturated rings. The molecule has 0 spiro atoms. The first-order chi connectivity index (χ1) is 14.6. The number of nitrogens with zero attached hydrogens (tertiary/aromatic N) is 1. The zero-order chi connectivity index (χ0) is 22.8. The van der Waals surface area contributed by atoms with E-state index in [0.717, 1.165) is 21.0 Å². The molecule has 0 atom stereocenters. The molecule has 31 heavy (non-hydrogen) atoms. The third kappa shape index (κ3) is 4.56. The molecule has 0 aromatic heterocycles. The summed E-state index contributed by atoms with van der Waals surface area (Å²) >= 11 is 0. The van der Waals surface area contributed by atoms with Crippen molar-refractivity contribution in [1.82, 2.24) is 0 Å². The number of rotatable bonds is 6. The van der Waals surface area contributed by atoms with Crippen LogP contribution in [0.1, 0.15) is 27.0 Å². The molecule has 0 amide bonds. The Morgan fingerprint density at radius 3 is 2.19 bits per heavy atom. The average molecular weight is 440 g/mol. The second-order valence-electron chi connectivity index (χ2n) is 7.24. The Balaban J connectivity index is 1.89. The number of carbonyl (C=O) groups excluding carboxylic acids is 1. The Hall–Kier alpha value is -3.32. The zero-order valence-electron chi connectivity index (χ0n) is 18.2. The van der Waals surface area contributed by atoms with E-state index in [9.17, 15) is 13.2 Å². The maximum Gasteiger partial charge on any atom is 0.343 e. The van der Waals surface area contributed by atoms with E-state index in [1.807, 2.05) is 32.9 Å². The van der Waals surface area contributed by atoms with Crippen molar-refractivity contribution in [3.8, 4) is 11.5 Å². The molecule has 0 radical (unpaired) electrons. The number of ether oxygens (including phenoxy) is 2. The summed E-state index contributed by atoms with van der Waals surface area (Å²) in [5, 5.41) is 0. The van der Waals surface area contributed by atoms with Gasteiger partial charge in [0.05, 0.1) is 23.3 Å². The fourth-order valence-electron chi connectivity index (χ4n) is 3.11. The molecule has 0 heterocycles. The number of methoxy groups -OCH3 is 1. The van der Waals surface area contributed by atoms with Crippen LogP contribution in [0.4, 0.5) is 5.69 Å². The fraction of sp³-hybridized carbons (Fsp3) is 0.208. The monoisotopic (exact) mass is 439 g/mol. The smallest absolute Gasteiger partial charge is 0.343 e. The first kappa shape index (κ1) is 22.4. The number of benzene rings is 3. The molecule has 3 rings (SSSR count). The largest absolute Gasteiger partial charge is 0.497 e. The van der Waals surface area contributed by atoms with Gasteiger partial charge in [-0.25, -0.2) is 13.2 Å². The highest BCUT2D eigenvalue weighted by Crippen LogP contribution is 2.28. The van der Waals surface area contributed by atoms with Crippen LogP contribution in [0.25, 0.3) is 0 Å². The van der Waals surface area contributed by atoms with Crippen molar-refractivity contribution in [1.29, 1.82) is 0 Å². The van der Waals surface area contributed by atoms with Gasteiger partial charge in [-0.05, 0) is 79.9 Å². The molecule has 0 aliphatic carbocycles. The SMILES string of the molecule is COc1ccc(N(C)S(=O)(=O)c2cccc(C(=O)Oc3c(C)ccc(C)c3C)c2)cc1. The van der Waals surface area contributed by atoms with Crippen molar-refractivity contribution >= 4 is 21.7 Å². The van der Waals surface area contributed by atoms with Crippen LogP contribution in [-0.2, 0) is 10.0 Å². The van der Waals surface area contributed by atoms with Gasteiger partial charge in [0.25, 0.3) is 10.0 Å². The maximum absolute atomic E-state index is 13.1. The lowest BCUT2D eigenvalue weighted by atomic mass is 10.1. The molecule has 0 bridgehead atoms. The molecular formula is C24H25NO5S. The molecule has 3 aromatic rings. The average Bonchev–Trinajstić information content (AvgIpc) is 2.78. The number of hydrogen-bond donors (Lipinski definition) is 0. The molecule has 0 unspecified atom stereocenters. The maximum atomic E-state index is 13.1. The number of anilines is 1. The number of aryl methyl sites for hydroxylation is 2. The van der Waals surface area contributed by atoms with Crippen LogP contribution in [0.2, 0.25) is 0 Å². The van der Waals surface area contributed by atoms with Gasteiger partial charge in [0.15, 0.2) is 0 Å². The molecule has 3 aromatic carbocycles. The number of esters is 1. The van der Waals surface area contributed by atoms with Crippen molar-refractivity contribution in [3.63, 3.8) is 0 Å². The summed E-state index contributed by atoms with van der Waals surface area (Å²) in [5.74, 6) is 0.510. The Labute approximate surface area is 183 Å². The standard InChI is InChI=1S/C24H25NO5S/c1-16-9-10-17(2)23(18(16)3)30-24(26)19-7-6-8-22(15-19)31(27,28)25(4)20-11-13-21(29-5)14-12-20/h6-15H,1-5H3. The van der Waals surface area contributed by atoms with Gasteiger partial charge in [0, 0.05) is 7.05 Å². The predicted molar refractivity (Wildman–Crippen MR) is 121 cm³/mol. The van der Waals surface area contributed by atoms with Crippen molar-refractivity contribution < 1.29 is 22.7 Å². The van der Waals surface area contributed by atoms with Crippen LogP contribution in [0, 0.1) is 20.8 Å². The van der Waals surface area contributed by atoms with Crippen molar-refractivity contribution in [2.24, 2.45) is 0 Å². The van der Waals surface area contributed by atoms with Crippen molar-refractivity contribution in [3.05, 3.63) is 82.9 Å². The molecule has 6 nitrogen and oxygen atoms in total. The minimum absolute atomic E-state index is 0.00189. The van der Waals surface area contributed by atoms with E-state index in [4.69, 9.17) is 9.47 Å². The Bertz CT molecular complexity index is 1220. The lowest BCUT2D eigenvalue weighted by Gasteiger charge is -2.20. The number of sulfonamides is 1. The minimum atomic E-state index is -3.88. The summed E-state index contributed by atoms with van der Waals surface area (Å²) in [6, 6.07) is 16.4. The minimum Gasteiger partial charge on any atom is -0.497 e. The highest BCUT2D eigenvalue weighted by atomic mass is 32.2. The third-order valence-corrected chi connectivity index (χ3v) is 7.01.